The molecule has 8 nitrogen and oxygen atoms in total. The molecule has 2 heterocycles. The third kappa shape index (κ3) is 5.08. The van der Waals surface area contributed by atoms with Gasteiger partial charge in [0.15, 0.2) is 6.29 Å². The number of amides is 3. The zero-order chi connectivity index (χ0) is 19.9. The Hall–Kier alpha value is -2.45. The normalized spacial score (nSPS) is 22.0. The lowest BCUT2D eigenvalue weighted by molar-refractivity contribution is -0.136. The quantitative estimate of drug-likeness (QED) is 0.497. The van der Waals surface area contributed by atoms with Gasteiger partial charge in [0.05, 0.1) is 25.9 Å². The van der Waals surface area contributed by atoms with Gasteiger partial charge in [0.2, 0.25) is 11.8 Å². The number of ether oxygens (including phenoxy) is 4. The van der Waals surface area contributed by atoms with Crippen LogP contribution in [-0.2, 0) is 23.8 Å². The summed E-state index contributed by atoms with van der Waals surface area (Å²) in [5, 5.41) is 0. The second-order valence-corrected chi connectivity index (χ2v) is 6.66. The number of hydrogen-bond donors (Lipinski definition) is 0. The Morgan fingerprint density at radius 3 is 2.54 bits per heavy atom. The average Bonchev–Trinajstić information content (AvgIpc) is 3.29. The Morgan fingerprint density at radius 2 is 1.86 bits per heavy atom. The molecule has 0 aromatic heterocycles. The molecule has 0 saturated carbocycles. The molecule has 28 heavy (non-hydrogen) atoms. The second kappa shape index (κ2) is 9.66. The van der Waals surface area contributed by atoms with E-state index in [0.29, 0.717) is 24.5 Å². The molecule has 2 saturated heterocycles. The molecule has 3 rings (SSSR count). The SMILES string of the molecule is CCOc1ccc(C2OCC(CCCCOC(=O)N3C(=O)CCC3=O)O2)cc1. The third-order valence-electron chi connectivity index (χ3n) is 4.59. The highest BCUT2D eigenvalue weighted by Crippen LogP contribution is 2.30. The van der Waals surface area contributed by atoms with E-state index in [1.807, 2.05) is 31.2 Å². The van der Waals surface area contributed by atoms with Crippen LogP contribution in [0.2, 0.25) is 0 Å². The standard InChI is InChI=1S/C20H25NO7/c1-2-25-15-8-6-14(7-9-15)19-27-13-16(28-19)5-3-4-12-26-20(24)21-17(22)10-11-18(21)23/h6-9,16,19H,2-5,10-13H2,1H3. The lowest BCUT2D eigenvalue weighted by Crippen LogP contribution is -2.36. The summed E-state index contributed by atoms with van der Waals surface area (Å²) in [4.78, 5) is 35.3. The van der Waals surface area contributed by atoms with Crippen LogP contribution >= 0.6 is 0 Å². The van der Waals surface area contributed by atoms with Crippen LogP contribution in [0, 0.1) is 0 Å². The number of hydrogen-bond acceptors (Lipinski definition) is 7. The Morgan fingerprint density at radius 1 is 1.14 bits per heavy atom. The van der Waals surface area contributed by atoms with Crippen LogP contribution in [0.1, 0.15) is 50.9 Å². The van der Waals surface area contributed by atoms with Crippen LogP contribution in [0.3, 0.4) is 0 Å². The van der Waals surface area contributed by atoms with Crippen molar-refractivity contribution in [3.63, 3.8) is 0 Å². The molecule has 8 heteroatoms. The van der Waals surface area contributed by atoms with E-state index in [4.69, 9.17) is 18.9 Å². The maximum atomic E-state index is 11.8. The molecule has 0 spiro atoms. The van der Waals surface area contributed by atoms with Crippen LogP contribution in [0.5, 0.6) is 5.75 Å². The number of unbranched alkanes of at least 4 members (excludes halogenated alkanes) is 1. The molecule has 1 aromatic carbocycles. The number of carbonyl (C=O) groups is 3. The lowest BCUT2D eigenvalue weighted by atomic mass is 10.1. The molecule has 0 radical (unpaired) electrons. The zero-order valence-electron chi connectivity index (χ0n) is 15.9. The molecule has 0 aliphatic carbocycles. The predicted octanol–water partition coefficient (Wildman–Crippen LogP) is 2.96. The van der Waals surface area contributed by atoms with Crippen molar-refractivity contribution in [2.24, 2.45) is 0 Å². The third-order valence-corrected chi connectivity index (χ3v) is 4.59. The van der Waals surface area contributed by atoms with E-state index >= 15 is 0 Å². The molecule has 152 valence electrons. The Labute approximate surface area is 163 Å². The highest BCUT2D eigenvalue weighted by molar-refractivity contribution is 6.13. The maximum absolute atomic E-state index is 11.8. The lowest BCUT2D eigenvalue weighted by Gasteiger charge is -2.13. The van der Waals surface area contributed by atoms with Crippen LogP contribution in [0.4, 0.5) is 4.79 Å². The Kier molecular flexibility index (Phi) is 7.00. The monoisotopic (exact) mass is 391 g/mol. The minimum atomic E-state index is -0.872. The van der Waals surface area contributed by atoms with E-state index in [1.165, 1.54) is 0 Å². The van der Waals surface area contributed by atoms with Gasteiger partial charge < -0.3 is 18.9 Å². The van der Waals surface area contributed by atoms with Crippen molar-refractivity contribution in [2.75, 3.05) is 19.8 Å². The van der Waals surface area contributed by atoms with E-state index in [2.05, 4.69) is 0 Å². The number of rotatable bonds is 8. The van der Waals surface area contributed by atoms with Gasteiger partial charge in [-0.1, -0.05) is 12.1 Å². The molecule has 2 aliphatic rings. The topological polar surface area (TPSA) is 91.4 Å². The highest BCUT2D eigenvalue weighted by Gasteiger charge is 2.35. The fourth-order valence-corrected chi connectivity index (χ4v) is 3.14. The molecule has 2 unspecified atom stereocenters. The van der Waals surface area contributed by atoms with Gasteiger partial charge in [-0.15, -0.1) is 0 Å². The van der Waals surface area contributed by atoms with Gasteiger partial charge in [-0.05, 0) is 38.3 Å². The van der Waals surface area contributed by atoms with Crippen molar-refractivity contribution in [2.45, 2.75) is 51.4 Å². The molecule has 0 N–H and O–H groups in total. The van der Waals surface area contributed by atoms with Crippen LogP contribution in [-0.4, -0.2) is 48.7 Å². The van der Waals surface area contributed by atoms with E-state index in [0.717, 1.165) is 24.2 Å². The zero-order valence-corrected chi connectivity index (χ0v) is 15.9. The average molecular weight is 391 g/mol. The van der Waals surface area contributed by atoms with Gasteiger partial charge in [0, 0.05) is 18.4 Å². The maximum Gasteiger partial charge on any atom is 0.423 e. The van der Waals surface area contributed by atoms with Gasteiger partial charge in [-0.3, -0.25) is 9.59 Å². The summed E-state index contributed by atoms with van der Waals surface area (Å²) in [6.45, 7) is 3.23. The fourth-order valence-electron chi connectivity index (χ4n) is 3.14. The first-order valence-corrected chi connectivity index (χ1v) is 9.61. The van der Waals surface area contributed by atoms with Gasteiger partial charge in [-0.2, -0.15) is 4.90 Å². The van der Waals surface area contributed by atoms with Crippen LogP contribution in [0.25, 0.3) is 0 Å². The van der Waals surface area contributed by atoms with Gasteiger partial charge >= 0.3 is 6.09 Å². The van der Waals surface area contributed by atoms with E-state index < -0.39 is 17.9 Å². The van der Waals surface area contributed by atoms with E-state index in [1.54, 1.807) is 0 Å². The highest BCUT2D eigenvalue weighted by atomic mass is 16.7. The van der Waals surface area contributed by atoms with Crippen LogP contribution < -0.4 is 4.74 Å². The number of likely N-dealkylation sites (tertiary alicyclic amines) is 1. The van der Waals surface area contributed by atoms with Gasteiger partial charge in [0.25, 0.3) is 0 Å². The Bertz CT molecular complexity index is 687. The molecule has 3 amide bonds. The molecule has 2 aliphatic heterocycles. The summed E-state index contributed by atoms with van der Waals surface area (Å²) in [6, 6.07) is 7.64. The molecule has 2 atom stereocenters. The van der Waals surface area contributed by atoms with Crippen molar-refractivity contribution >= 4 is 17.9 Å². The number of carbonyl (C=O) groups excluding carboxylic acids is 3. The molecular weight excluding hydrogens is 366 g/mol. The van der Waals surface area contributed by atoms with E-state index in [9.17, 15) is 14.4 Å². The van der Waals surface area contributed by atoms with E-state index in [-0.39, 0.29) is 31.8 Å². The summed E-state index contributed by atoms with van der Waals surface area (Å²) in [5.41, 5.74) is 0.944. The first-order chi connectivity index (χ1) is 13.6. The molecular formula is C20H25NO7. The van der Waals surface area contributed by atoms with Crippen molar-refractivity contribution in [3.05, 3.63) is 29.8 Å². The summed E-state index contributed by atoms with van der Waals surface area (Å²) >= 11 is 0. The first-order valence-electron chi connectivity index (χ1n) is 9.61. The van der Waals surface area contributed by atoms with Crippen molar-refractivity contribution in [1.29, 1.82) is 0 Å². The van der Waals surface area contributed by atoms with Crippen molar-refractivity contribution < 1.29 is 33.3 Å². The van der Waals surface area contributed by atoms with Gasteiger partial charge in [0.1, 0.15) is 5.75 Å². The molecule has 1 aromatic rings. The second-order valence-electron chi connectivity index (χ2n) is 6.66. The summed E-state index contributed by atoms with van der Waals surface area (Å²) in [7, 11) is 0. The largest absolute Gasteiger partial charge is 0.494 e. The first kappa shape index (κ1) is 20.3. The number of imide groups is 3. The van der Waals surface area contributed by atoms with Crippen molar-refractivity contribution in [3.8, 4) is 5.75 Å². The van der Waals surface area contributed by atoms with Gasteiger partial charge in [-0.25, -0.2) is 4.79 Å². The minimum absolute atomic E-state index is 0.0194. The smallest absolute Gasteiger partial charge is 0.423 e. The number of nitrogens with zero attached hydrogens (tertiary/aromatic N) is 1. The summed E-state index contributed by atoms with van der Waals surface area (Å²) < 4.78 is 22.1. The summed E-state index contributed by atoms with van der Waals surface area (Å²) in [5.74, 6) is -0.175. The predicted molar refractivity (Wildman–Crippen MR) is 97.5 cm³/mol. The molecule has 2 fully saturated rings. The Balaban J connectivity index is 1.32. The van der Waals surface area contributed by atoms with Crippen molar-refractivity contribution in [1.82, 2.24) is 4.90 Å². The van der Waals surface area contributed by atoms with Crippen LogP contribution in [0.15, 0.2) is 24.3 Å². The minimum Gasteiger partial charge on any atom is -0.494 e. The number of benzene rings is 1. The summed E-state index contributed by atoms with van der Waals surface area (Å²) in [6.07, 6.45) is 1.04. The molecule has 0 bridgehead atoms. The fraction of sp³-hybridized carbons (Fsp3) is 0.550.